The van der Waals surface area contributed by atoms with Gasteiger partial charge in [0.15, 0.2) is 0 Å². The zero-order valence-corrected chi connectivity index (χ0v) is 22.4. The number of fused-ring (bicyclic) bond motifs is 1. The molecule has 2 atom stereocenters. The van der Waals surface area contributed by atoms with E-state index in [0.717, 1.165) is 29.6 Å². The Morgan fingerprint density at radius 3 is 2.50 bits per heavy atom. The van der Waals surface area contributed by atoms with E-state index in [-0.39, 0.29) is 18.4 Å². The molecule has 3 aromatic rings. The highest BCUT2D eigenvalue weighted by Gasteiger charge is 2.39. The van der Waals surface area contributed by atoms with E-state index in [9.17, 15) is 14.1 Å². The summed E-state index contributed by atoms with van der Waals surface area (Å²) in [6.07, 6.45) is 1.97. The van der Waals surface area contributed by atoms with E-state index in [1.54, 1.807) is 6.92 Å². The number of esters is 1. The van der Waals surface area contributed by atoms with E-state index in [4.69, 9.17) is 4.74 Å². The number of hydrogen-bond acceptors (Lipinski definition) is 5. The average Bonchev–Trinajstić information content (AvgIpc) is 3.59. The summed E-state index contributed by atoms with van der Waals surface area (Å²) in [7, 11) is 2.58. The molecule has 4 rings (SSSR count). The van der Waals surface area contributed by atoms with Gasteiger partial charge in [-0.15, -0.1) is 0 Å². The number of halogens is 1. The quantitative estimate of drug-likeness (QED) is 0.356. The summed E-state index contributed by atoms with van der Waals surface area (Å²) < 4.78 is 21.9. The van der Waals surface area contributed by atoms with Crippen molar-refractivity contribution in [3.8, 4) is 5.75 Å². The molecule has 182 valence electrons. The van der Waals surface area contributed by atoms with E-state index < -0.39 is 22.0 Å². The number of benzene rings is 2. The smallest absolute Gasteiger partial charge is 0.340 e. The summed E-state index contributed by atoms with van der Waals surface area (Å²) in [6, 6.07) is 11.8. The lowest BCUT2D eigenvalue weighted by Gasteiger charge is -2.21. The van der Waals surface area contributed by atoms with Gasteiger partial charge in [-0.1, -0.05) is 37.3 Å². The minimum absolute atomic E-state index is 0.110. The predicted octanol–water partition coefficient (Wildman–Crippen LogP) is 5.54. The summed E-state index contributed by atoms with van der Waals surface area (Å²) in [4.78, 5) is 15.5. The van der Waals surface area contributed by atoms with E-state index in [1.807, 2.05) is 62.3 Å². The van der Waals surface area contributed by atoms with Crippen molar-refractivity contribution in [2.24, 2.45) is 0 Å². The molecule has 1 aliphatic carbocycles. The number of hydrogen-bond donors (Lipinski definition) is 1. The van der Waals surface area contributed by atoms with Crippen LogP contribution in [0.4, 0.5) is 0 Å². The molecule has 8 heteroatoms. The highest BCUT2D eigenvalue weighted by Crippen LogP contribution is 2.49. The van der Waals surface area contributed by atoms with Crippen molar-refractivity contribution >= 4 is 43.6 Å². The van der Waals surface area contributed by atoms with Gasteiger partial charge in [0.2, 0.25) is 0 Å². The van der Waals surface area contributed by atoms with Crippen LogP contribution in [0, 0.1) is 0 Å². The van der Waals surface area contributed by atoms with Gasteiger partial charge in [0.1, 0.15) is 11.0 Å². The molecule has 2 unspecified atom stereocenters. The predicted molar refractivity (Wildman–Crippen MR) is 140 cm³/mol. The molecule has 0 spiro atoms. The van der Waals surface area contributed by atoms with Gasteiger partial charge in [-0.2, -0.15) is 0 Å². The van der Waals surface area contributed by atoms with Gasteiger partial charge >= 0.3 is 5.97 Å². The number of phenolic OH excluding ortho intramolecular Hbond substituents is 1. The SMILES string of the molecule is CCOC(=O)c1c(C(c2ccccc2)S(=O)CC)n(C2CC2)c2cc(Br)c(O)c(CN(C)C)c12. The van der Waals surface area contributed by atoms with Crippen LogP contribution in [0.5, 0.6) is 5.75 Å². The number of aromatic nitrogens is 1. The monoisotopic (exact) mass is 546 g/mol. The summed E-state index contributed by atoms with van der Waals surface area (Å²) >= 11 is 3.53. The van der Waals surface area contributed by atoms with Crippen LogP contribution in [0.25, 0.3) is 10.9 Å². The number of aromatic hydroxyl groups is 1. The molecule has 1 fully saturated rings. The summed E-state index contributed by atoms with van der Waals surface area (Å²) in [5, 5.41) is 11.2. The van der Waals surface area contributed by atoms with Gasteiger partial charge in [-0.25, -0.2) is 4.79 Å². The molecule has 34 heavy (non-hydrogen) atoms. The lowest BCUT2D eigenvalue weighted by Crippen LogP contribution is -2.19. The molecule has 0 saturated heterocycles. The summed E-state index contributed by atoms with van der Waals surface area (Å²) in [6.45, 7) is 4.35. The van der Waals surface area contributed by atoms with Crippen LogP contribution in [0.1, 0.15) is 65.2 Å². The second-order valence-electron chi connectivity index (χ2n) is 8.86. The van der Waals surface area contributed by atoms with E-state index in [1.165, 1.54) is 0 Å². The highest BCUT2D eigenvalue weighted by atomic mass is 79.9. The van der Waals surface area contributed by atoms with Crippen LogP contribution in [-0.2, 0) is 22.1 Å². The normalized spacial score (nSPS) is 15.6. The van der Waals surface area contributed by atoms with Crippen LogP contribution in [0.15, 0.2) is 40.9 Å². The Morgan fingerprint density at radius 1 is 1.26 bits per heavy atom. The van der Waals surface area contributed by atoms with Crippen LogP contribution < -0.4 is 0 Å². The third kappa shape index (κ3) is 4.55. The van der Waals surface area contributed by atoms with Crippen molar-refractivity contribution in [2.75, 3.05) is 26.5 Å². The zero-order valence-electron chi connectivity index (χ0n) is 20.0. The first kappa shape index (κ1) is 24.9. The molecule has 0 amide bonds. The molecule has 1 N–H and O–H groups in total. The highest BCUT2D eigenvalue weighted by molar-refractivity contribution is 9.10. The largest absolute Gasteiger partial charge is 0.506 e. The molecule has 0 aliphatic heterocycles. The standard InChI is InChI=1S/C26H31BrN2O4S/c1-5-33-26(31)22-21-18(15-28(3)4)24(30)19(27)14-20(21)29(17-12-13-17)23(22)25(34(32)6-2)16-10-8-7-9-11-16/h7-11,14,17,25,30H,5-6,12-13,15H2,1-4H3. The van der Waals surface area contributed by atoms with Gasteiger partial charge < -0.3 is 19.3 Å². The Morgan fingerprint density at radius 2 is 1.94 bits per heavy atom. The van der Waals surface area contributed by atoms with Gasteiger partial charge in [0.05, 0.1) is 27.9 Å². The fraction of sp³-hybridized carbons (Fsp3) is 0.423. The maximum absolute atomic E-state index is 13.6. The van der Waals surface area contributed by atoms with Crippen LogP contribution in [0.2, 0.25) is 0 Å². The molecule has 2 aromatic carbocycles. The maximum atomic E-state index is 13.6. The van der Waals surface area contributed by atoms with Crippen LogP contribution in [-0.4, -0.2) is 51.2 Å². The fourth-order valence-corrected chi connectivity index (χ4v) is 6.35. The number of ether oxygens (including phenoxy) is 1. The van der Waals surface area contributed by atoms with Gasteiger partial charge in [0, 0.05) is 40.1 Å². The maximum Gasteiger partial charge on any atom is 0.340 e. The van der Waals surface area contributed by atoms with Crippen molar-refractivity contribution in [2.45, 2.75) is 44.5 Å². The van der Waals surface area contributed by atoms with Crippen LogP contribution >= 0.6 is 15.9 Å². The number of carbonyl (C=O) groups is 1. The van der Waals surface area contributed by atoms with Crippen molar-refractivity contribution < 1.29 is 18.8 Å². The second kappa shape index (κ2) is 10.2. The Hall–Kier alpha value is -2.16. The first-order valence-electron chi connectivity index (χ1n) is 11.6. The minimum Gasteiger partial charge on any atom is -0.506 e. The molecule has 1 saturated carbocycles. The molecule has 0 bridgehead atoms. The molecule has 1 aromatic heterocycles. The van der Waals surface area contributed by atoms with Crippen molar-refractivity contribution in [1.29, 1.82) is 0 Å². The summed E-state index contributed by atoms with van der Waals surface area (Å²) in [5.74, 6) is 0.116. The van der Waals surface area contributed by atoms with Crippen molar-refractivity contribution in [3.63, 3.8) is 0 Å². The Kier molecular flexibility index (Phi) is 7.50. The Labute approximate surface area is 211 Å². The van der Waals surface area contributed by atoms with Crippen LogP contribution in [0.3, 0.4) is 0 Å². The van der Waals surface area contributed by atoms with Gasteiger partial charge in [0.25, 0.3) is 0 Å². The third-order valence-corrected chi connectivity index (χ3v) is 8.32. The number of nitrogens with zero attached hydrogens (tertiary/aromatic N) is 2. The molecule has 1 heterocycles. The summed E-state index contributed by atoms with van der Waals surface area (Å²) in [5.41, 5.74) is 3.55. The first-order chi connectivity index (χ1) is 16.3. The van der Waals surface area contributed by atoms with E-state index in [2.05, 4.69) is 20.5 Å². The number of phenols is 1. The molecule has 0 radical (unpaired) electrons. The first-order valence-corrected chi connectivity index (χ1v) is 13.8. The molecule has 6 nitrogen and oxygen atoms in total. The average molecular weight is 548 g/mol. The lowest BCUT2D eigenvalue weighted by atomic mass is 10.00. The second-order valence-corrected chi connectivity index (χ2v) is 11.5. The Bertz CT molecular complexity index is 1240. The molecule has 1 aliphatic rings. The Balaban J connectivity index is 2.17. The fourth-order valence-electron chi connectivity index (χ4n) is 4.62. The van der Waals surface area contributed by atoms with Gasteiger partial charge in [-0.3, -0.25) is 4.21 Å². The number of rotatable bonds is 9. The topological polar surface area (TPSA) is 71.8 Å². The lowest BCUT2D eigenvalue weighted by molar-refractivity contribution is 0.0527. The van der Waals surface area contributed by atoms with Gasteiger partial charge in [-0.05, 0) is 61.4 Å². The third-order valence-electron chi connectivity index (χ3n) is 6.12. The van der Waals surface area contributed by atoms with Crippen molar-refractivity contribution in [1.82, 2.24) is 9.47 Å². The minimum atomic E-state index is -1.26. The zero-order chi connectivity index (χ0) is 24.6. The molecular weight excluding hydrogens is 516 g/mol. The van der Waals surface area contributed by atoms with E-state index in [0.29, 0.717) is 33.3 Å². The molecular formula is C26H31BrN2O4S. The van der Waals surface area contributed by atoms with E-state index >= 15 is 0 Å². The number of carbonyl (C=O) groups excluding carboxylic acids is 1. The van der Waals surface area contributed by atoms with Crippen molar-refractivity contribution in [3.05, 3.63) is 63.3 Å².